The van der Waals surface area contributed by atoms with Crippen molar-refractivity contribution in [1.82, 2.24) is 14.7 Å². The molecule has 1 amide bonds. The highest BCUT2D eigenvalue weighted by Crippen LogP contribution is 2.27. The predicted octanol–water partition coefficient (Wildman–Crippen LogP) is 5.30. The largest absolute Gasteiger partial charge is 0.341 e. The van der Waals surface area contributed by atoms with E-state index in [1.807, 2.05) is 48.7 Å². The minimum absolute atomic E-state index is 0.0574. The van der Waals surface area contributed by atoms with Crippen molar-refractivity contribution in [3.8, 4) is 16.9 Å². The van der Waals surface area contributed by atoms with Gasteiger partial charge in [0.05, 0.1) is 22.7 Å². The zero-order valence-corrected chi connectivity index (χ0v) is 18.6. The third kappa shape index (κ3) is 5.10. The van der Waals surface area contributed by atoms with E-state index in [9.17, 15) is 14.9 Å². The minimum atomic E-state index is -0.467. The topological polar surface area (TPSA) is 81.3 Å². The van der Waals surface area contributed by atoms with Gasteiger partial charge in [0.25, 0.3) is 5.69 Å². The first-order valence-electron chi connectivity index (χ1n) is 10.3. The second-order valence-electron chi connectivity index (χ2n) is 7.60. The predicted molar refractivity (Wildman–Crippen MR) is 127 cm³/mol. The van der Waals surface area contributed by atoms with Gasteiger partial charge in [-0.05, 0) is 24.3 Å². The zero-order valence-electron chi connectivity index (χ0n) is 17.9. The molecule has 4 aromatic rings. The summed E-state index contributed by atoms with van der Waals surface area (Å²) in [6.07, 6.45) is 1.84. The summed E-state index contributed by atoms with van der Waals surface area (Å²) in [7, 11) is 1.68. The average Bonchev–Trinajstić information content (AvgIpc) is 3.24. The van der Waals surface area contributed by atoms with Crippen molar-refractivity contribution in [2.45, 2.75) is 13.0 Å². The highest BCUT2D eigenvalue weighted by molar-refractivity contribution is 6.30. The van der Waals surface area contributed by atoms with Gasteiger partial charge in [-0.25, -0.2) is 4.68 Å². The maximum atomic E-state index is 12.9. The Hall–Kier alpha value is -3.97. The lowest BCUT2D eigenvalue weighted by Crippen LogP contribution is -2.28. The molecule has 33 heavy (non-hydrogen) atoms. The van der Waals surface area contributed by atoms with Crippen molar-refractivity contribution >= 4 is 23.2 Å². The second kappa shape index (κ2) is 9.67. The second-order valence-corrected chi connectivity index (χ2v) is 8.04. The number of carbonyl (C=O) groups is 1. The van der Waals surface area contributed by atoms with Crippen LogP contribution < -0.4 is 0 Å². The monoisotopic (exact) mass is 460 g/mol. The fourth-order valence-corrected chi connectivity index (χ4v) is 3.70. The highest BCUT2D eigenvalue weighted by Gasteiger charge is 2.20. The first-order valence-corrected chi connectivity index (χ1v) is 10.7. The number of nitro benzene ring substituents is 1. The number of benzene rings is 3. The van der Waals surface area contributed by atoms with Crippen molar-refractivity contribution in [2.24, 2.45) is 0 Å². The van der Waals surface area contributed by atoms with E-state index in [0.29, 0.717) is 17.1 Å². The molecule has 0 saturated carbocycles. The number of rotatable bonds is 7. The molecule has 166 valence electrons. The van der Waals surface area contributed by atoms with Crippen LogP contribution in [0, 0.1) is 10.1 Å². The number of amides is 1. The number of likely N-dealkylation sites (N-methyl/N-ethyl adjacent to an activating group) is 1. The Kier molecular flexibility index (Phi) is 6.51. The number of carbonyl (C=O) groups excluding carboxylic acids is 1. The van der Waals surface area contributed by atoms with Gasteiger partial charge in [0.15, 0.2) is 0 Å². The SMILES string of the molecule is CN(Cc1cn(-c2ccccc2)nc1-c1ccc(Cl)cc1)C(=O)Cc1ccccc1[N+](=O)[O-]. The van der Waals surface area contributed by atoms with E-state index in [2.05, 4.69) is 0 Å². The number of nitro groups is 1. The van der Waals surface area contributed by atoms with E-state index in [1.54, 1.807) is 47.0 Å². The van der Waals surface area contributed by atoms with E-state index in [0.717, 1.165) is 22.5 Å². The van der Waals surface area contributed by atoms with Gasteiger partial charge in [-0.2, -0.15) is 5.10 Å². The van der Waals surface area contributed by atoms with Crippen molar-refractivity contribution in [2.75, 3.05) is 7.05 Å². The molecule has 0 aliphatic heterocycles. The number of aromatic nitrogens is 2. The minimum Gasteiger partial charge on any atom is -0.341 e. The van der Waals surface area contributed by atoms with Gasteiger partial charge in [0.1, 0.15) is 0 Å². The van der Waals surface area contributed by atoms with Crippen molar-refractivity contribution in [1.29, 1.82) is 0 Å². The molecule has 0 aliphatic rings. The first kappa shape index (κ1) is 22.2. The molecule has 0 aliphatic carbocycles. The number of hydrogen-bond acceptors (Lipinski definition) is 4. The third-order valence-electron chi connectivity index (χ3n) is 5.29. The van der Waals surface area contributed by atoms with E-state index in [1.165, 1.54) is 6.07 Å². The van der Waals surface area contributed by atoms with Crippen LogP contribution in [-0.2, 0) is 17.8 Å². The molecule has 0 spiro atoms. The first-order chi connectivity index (χ1) is 15.9. The standard InChI is InChI=1S/C25H21ClN4O3/c1-28(24(31)15-19-7-5-6-10-23(19)30(32)33)16-20-17-29(22-8-3-2-4-9-22)27-25(20)18-11-13-21(26)14-12-18/h2-14,17H,15-16H2,1H3. The van der Waals surface area contributed by atoms with Crippen molar-refractivity contribution < 1.29 is 9.72 Å². The molecule has 0 saturated heterocycles. The van der Waals surface area contributed by atoms with Crippen LogP contribution in [0.3, 0.4) is 0 Å². The number of para-hydroxylation sites is 2. The van der Waals surface area contributed by atoms with E-state index >= 15 is 0 Å². The normalized spacial score (nSPS) is 10.7. The molecule has 4 rings (SSSR count). The quantitative estimate of drug-likeness (QED) is 0.277. The highest BCUT2D eigenvalue weighted by atomic mass is 35.5. The third-order valence-corrected chi connectivity index (χ3v) is 5.54. The van der Waals surface area contributed by atoms with Crippen molar-refractivity contribution in [3.63, 3.8) is 0 Å². The summed E-state index contributed by atoms with van der Waals surface area (Å²) >= 11 is 6.05. The van der Waals surface area contributed by atoms with Crippen LogP contribution in [0.4, 0.5) is 5.69 Å². The molecule has 0 fully saturated rings. The Bertz CT molecular complexity index is 1290. The Morgan fingerprint density at radius 1 is 1.00 bits per heavy atom. The summed E-state index contributed by atoms with van der Waals surface area (Å²) in [6.45, 7) is 0.296. The molecule has 1 aromatic heterocycles. The fraction of sp³-hybridized carbons (Fsp3) is 0.120. The van der Waals surface area contributed by atoms with E-state index in [4.69, 9.17) is 16.7 Å². The van der Waals surface area contributed by atoms with Gasteiger partial charge >= 0.3 is 0 Å². The summed E-state index contributed by atoms with van der Waals surface area (Å²) in [5, 5.41) is 16.7. The molecule has 0 radical (unpaired) electrons. The molecule has 3 aromatic carbocycles. The van der Waals surface area contributed by atoms with Crippen LogP contribution in [0.5, 0.6) is 0 Å². The number of halogens is 1. The molecule has 0 unspecified atom stereocenters. The fourth-order valence-electron chi connectivity index (χ4n) is 3.57. The molecule has 7 nitrogen and oxygen atoms in total. The molecule has 0 bridgehead atoms. The van der Waals surface area contributed by atoms with Crippen LogP contribution >= 0.6 is 11.6 Å². The molecule has 0 N–H and O–H groups in total. The van der Waals surface area contributed by atoms with Gasteiger partial charge in [0.2, 0.25) is 5.91 Å². The Balaban J connectivity index is 1.62. The van der Waals surface area contributed by atoms with Gasteiger partial charge in [0, 0.05) is 47.6 Å². The molecular weight excluding hydrogens is 440 g/mol. The van der Waals surface area contributed by atoms with Crippen LogP contribution in [0.25, 0.3) is 16.9 Å². The smallest absolute Gasteiger partial charge is 0.273 e. The lowest BCUT2D eigenvalue weighted by molar-refractivity contribution is -0.385. The summed E-state index contributed by atoms with van der Waals surface area (Å²) in [5.41, 5.74) is 3.69. The number of nitrogens with zero attached hydrogens (tertiary/aromatic N) is 4. The Labute approximate surface area is 196 Å². The van der Waals surface area contributed by atoms with Crippen LogP contribution in [-0.4, -0.2) is 32.6 Å². The van der Waals surface area contributed by atoms with Crippen molar-refractivity contribution in [3.05, 3.63) is 111 Å². The molecular formula is C25H21ClN4O3. The van der Waals surface area contributed by atoms with Crippen LogP contribution in [0.2, 0.25) is 5.02 Å². The Morgan fingerprint density at radius 2 is 1.67 bits per heavy atom. The van der Waals surface area contributed by atoms with E-state index < -0.39 is 4.92 Å². The lowest BCUT2D eigenvalue weighted by Gasteiger charge is -2.17. The lowest BCUT2D eigenvalue weighted by atomic mass is 10.1. The summed E-state index contributed by atoms with van der Waals surface area (Å²) in [6, 6.07) is 23.4. The summed E-state index contributed by atoms with van der Waals surface area (Å²) in [5.74, 6) is -0.223. The van der Waals surface area contributed by atoms with Gasteiger partial charge in [-0.15, -0.1) is 0 Å². The Morgan fingerprint density at radius 3 is 2.36 bits per heavy atom. The summed E-state index contributed by atoms with van der Waals surface area (Å²) < 4.78 is 1.78. The van der Waals surface area contributed by atoms with Crippen LogP contribution in [0.1, 0.15) is 11.1 Å². The van der Waals surface area contributed by atoms with Gasteiger partial charge in [-0.3, -0.25) is 14.9 Å². The van der Waals surface area contributed by atoms with Gasteiger partial charge < -0.3 is 4.90 Å². The maximum Gasteiger partial charge on any atom is 0.273 e. The molecule has 0 atom stereocenters. The molecule has 8 heteroatoms. The molecule has 1 heterocycles. The average molecular weight is 461 g/mol. The summed E-state index contributed by atoms with van der Waals surface area (Å²) in [4.78, 5) is 25.3. The van der Waals surface area contributed by atoms with E-state index in [-0.39, 0.29) is 18.0 Å². The maximum absolute atomic E-state index is 12.9. The number of hydrogen-bond donors (Lipinski definition) is 0. The van der Waals surface area contributed by atoms with Gasteiger partial charge in [-0.1, -0.05) is 60.1 Å². The van der Waals surface area contributed by atoms with Crippen LogP contribution in [0.15, 0.2) is 85.1 Å². The zero-order chi connectivity index (χ0) is 23.4.